The van der Waals surface area contributed by atoms with Crippen LogP contribution in [0.5, 0.6) is 11.9 Å². The molecule has 3 aliphatic heterocycles. The SMILES string of the molecule is Cc1cc(N)nc(-c2nc3c4c(nc(OC[C@@]56CCCN5C[C@H](F)C6)nc4c2F)N(C(C)C(N)=O)[C@@H](C)CO3)c1C(F)(F)F. The molecule has 2 saturated heterocycles. The van der Waals surface area contributed by atoms with E-state index in [1.807, 2.05) is 4.90 Å². The van der Waals surface area contributed by atoms with Gasteiger partial charge in [0.05, 0.1) is 17.1 Å². The van der Waals surface area contributed by atoms with Crippen LogP contribution in [0.15, 0.2) is 6.07 Å². The Hall–Kier alpha value is -4.08. The predicted octanol–water partition coefficient (Wildman–Crippen LogP) is 3.55. The van der Waals surface area contributed by atoms with Crippen LogP contribution in [0.2, 0.25) is 0 Å². The van der Waals surface area contributed by atoms with Crippen LogP contribution in [0.4, 0.5) is 33.6 Å². The summed E-state index contributed by atoms with van der Waals surface area (Å²) in [6, 6.07) is -0.825. The number of aryl methyl sites for hydroxylation is 1. The summed E-state index contributed by atoms with van der Waals surface area (Å²) in [6.45, 7) is 5.28. The molecule has 0 spiro atoms. The van der Waals surface area contributed by atoms with Crippen molar-refractivity contribution in [3.8, 4) is 23.3 Å². The first kappa shape index (κ1) is 30.0. The number of rotatable bonds is 6. The molecule has 16 heteroatoms. The Morgan fingerprint density at radius 1 is 1.25 bits per heavy atom. The van der Waals surface area contributed by atoms with Crippen molar-refractivity contribution in [2.24, 2.45) is 5.73 Å². The Balaban J connectivity index is 1.57. The van der Waals surface area contributed by atoms with Crippen molar-refractivity contribution < 1.29 is 36.2 Å². The van der Waals surface area contributed by atoms with Crippen LogP contribution in [0.1, 0.15) is 44.2 Å². The number of fused-ring (bicyclic) bond motifs is 1. The lowest BCUT2D eigenvalue weighted by Crippen LogP contribution is -2.49. The lowest BCUT2D eigenvalue weighted by Gasteiger charge is -2.33. The van der Waals surface area contributed by atoms with E-state index in [1.165, 1.54) is 18.7 Å². The monoisotopic (exact) mass is 622 g/mol. The van der Waals surface area contributed by atoms with E-state index in [-0.39, 0.29) is 60.7 Å². The highest BCUT2D eigenvalue weighted by molar-refractivity contribution is 5.98. The molecule has 0 bridgehead atoms. The minimum absolute atomic E-state index is 0.00224. The minimum Gasteiger partial charge on any atom is -0.475 e. The Labute approximate surface area is 248 Å². The molecular formula is C28H31F5N8O3. The zero-order chi connectivity index (χ0) is 31.7. The molecule has 0 saturated carbocycles. The van der Waals surface area contributed by atoms with E-state index < -0.39 is 64.2 Å². The highest BCUT2D eigenvalue weighted by Gasteiger charge is 2.49. The molecule has 3 aromatic rings. The van der Waals surface area contributed by atoms with Gasteiger partial charge in [-0.3, -0.25) is 9.69 Å². The fourth-order valence-electron chi connectivity index (χ4n) is 6.68. The van der Waals surface area contributed by atoms with Gasteiger partial charge in [0.1, 0.15) is 59.4 Å². The number of hydrogen-bond donors (Lipinski definition) is 2. The topological polar surface area (TPSA) is 146 Å². The first-order valence-electron chi connectivity index (χ1n) is 14.2. The molecule has 0 aromatic carbocycles. The van der Waals surface area contributed by atoms with E-state index in [2.05, 4.69) is 19.9 Å². The van der Waals surface area contributed by atoms with Crippen molar-refractivity contribution in [2.75, 3.05) is 36.9 Å². The maximum absolute atomic E-state index is 16.5. The van der Waals surface area contributed by atoms with E-state index in [1.54, 1.807) is 6.92 Å². The normalized spacial score (nSPS) is 24.2. The van der Waals surface area contributed by atoms with Crippen LogP contribution in [-0.2, 0) is 11.0 Å². The van der Waals surface area contributed by atoms with Crippen molar-refractivity contribution in [1.29, 1.82) is 0 Å². The summed E-state index contributed by atoms with van der Waals surface area (Å²) in [5.41, 5.74) is 7.25. The molecule has 236 valence electrons. The number of pyridine rings is 2. The van der Waals surface area contributed by atoms with Gasteiger partial charge in [-0.2, -0.15) is 23.1 Å². The lowest BCUT2D eigenvalue weighted by atomic mass is 9.95. The third-order valence-corrected chi connectivity index (χ3v) is 8.70. The summed E-state index contributed by atoms with van der Waals surface area (Å²) < 4.78 is 85.5. The number of aromatic nitrogens is 4. The summed E-state index contributed by atoms with van der Waals surface area (Å²) in [7, 11) is 0. The average Bonchev–Trinajstić information content (AvgIpc) is 3.41. The summed E-state index contributed by atoms with van der Waals surface area (Å²) in [6.07, 6.45) is -4.18. The van der Waals surface area contributed by atoms with Crippen molar-refractivity contribution in [3.05, 3.63) is 23.0 Å². The van der Waals surface area contributed by atoms with Gasteiger partial charge in [0.2, 0.25) is 11.8 Å². The maximum atomic E-state index is 16.5. The Morgan fingerprint density at radius 3 is 2.70 bits per heavy atom. The number of primary amides is 1. The zero-order valence-electron chi connectivity index (χ0n) is 24.2. The number of carbonyl (C=O) groups is 1. The molecule has 3 aliphatic rings. The number of hydrogen-bond acceptors (Lipinski definition) is 10. The highest BCUT2D eigenvalue weighted by Crippen LogP contribution is 2.45. The number of nitrogens with two attached hydrogens (primary N) is 2. The number of carbonyl (C=O) groups excluding carboxylic acids is 1. The Kier molecular flexibility index (Phi) is 7.17. The fraction of sp³-hybridized carbons (Fsp3) is 0.536. The van der Waals surface area contributed by atoms with Crippen molar-refractivity contribution in [1.82, 2.24) is 24.8 Å². The zero-order valence-corrected chi connectivity index (χ0v) is 24.2. The number of nitrogens with zero attached hydrogens (tertiary/aromatic N) is 6. The number of amides is 1. The first-order chi connectivity index (χ1) is 20.7. The van der Waals surface area contributed by atoms with E-state index in [0.717, 1.165) is 12.5 Å². The maximum Gasteiger partial charge on any atom is 0.418 e. The summed E-state index contributed by atoms with van der Waals surface area (Å²) in [5, 5.41) is -0.0874. The van der Waals surface area contributed by atoms with Crippen LogP contribution >= 0.6 is 0 Å². The molecule has 2 fully saturated rings. The number of halogens is 5. The largest absolute Gasteiger partial charge is 0.475 e. The van der Waals surface area contributed by atoms with Gasteiger partial charge in [-0.1, -0.05) is 0 Å². The average molecular weight is 623 g/mol. The third-order valence-electron chi connectivity index (χ3n) is 8.70. The molecule has 0 aliphatic carbocycles. The smallest absolute Gasteiger partial charge is 0.418 e. The van der Waals surface area contributed by atoms with Crippen molar-refractivity contribution in [2.45, 2.75) is 70.0 Å². The molecule has 11 nitrogen and oxygen atoms in total. The Bertz CT molecular complexity index is 1660. The molecule has 4 N–H and O–H groups in total. The molecule has 6 heterocycles. The first-order valence-corrected chi connectivity index (χ1v) is 14.2. The van der Waals surface area contributed by atoms with Gasteiger partial charge in [-0.25, -0.2) is 18.7 Å². The second-order valence-corrected chi connectivity index (χ2v) is 11.7. The molecule has 6 rings (SSSR count). The van der Waals surface area contributed by atoms with Gasteiger partial charge in [0.25, 0.3) is 0 Å². The van der Waals surface area contributed by atoms with E-state index >= 15 is 4.39 Å². The van der Waals surface area contributed by atoms with Gasteiger partial charge in [0, 0.05) is 13.0 Å². The van der Waals surface area contributed by atoms with Crippen LogP contribution in [-0.4, -0.2) is 80.8 Å². The minimum atomic E-state index is -4.92. The molecule has 1 unspecified atom stereocenters. The summed E-state index contributed by atoms with van der Waals surface area (Å²) >= 11 is 0. The second-order valence-electron chi connectivity index (χ2n) is 11.7. The van der Waals surface area contributed by atoms with E-state index in [4.69, 9.17) is 20.9 Å². The van der Waals surface area contributed by atoms with Gasteiger partial charge < -0.3 is 25.8 Å². The van der Waals surface area contributed by atoms with E-state index in [9.17, 15) is 22.4 Å². The molecule has 44 heavy (non-hydrogen) atoms. The fourth-order valence-corrected chi connectivity index (χ4v) is 6.68. The standard InChI is InChI=1S/C28H31F5N8O3/c1-12-7-16(34)36-21(18(12)28(31,32)33)22-19(30)20-17-24(41(14(3)23(35)42)13(2)10-43-25(17)37-22)39-26(38-20)44-11-27-5-4-6-40(27)9-15(29)8-27/h7,13-15H,4-6,8-11H2,1-3H3,(H2,34,36)(H2,35,42)/t13-,14?,15+,27-/m0/s1. The number of alkyl halides is 4. The molecule has 0 radical (unpaired) electrons. The lowest BCUT2D eigenvalue weighted by molar-refractivity contribution is -0.137. The summed E-state index contributed by atoms with van der Waals surface area (Å²) in [5.74, 6) is -2.51. The summed E-state index contributed by atoms with van der Waals surface area (Å²) in [4.78, 5) is 32.6. The number of anilines is 2. The van der Waals surface area contributed by atoms with Crippen LogP contribution in [0.25, 0.3) is 22.3 Å². The number of nitrogen functional groups attached to an aromatic ring is 1. The molecular weight excluding hydrogens is 591 g/mol. The van der Waals surface area contributed by atoms with E-state index in [0.29, 0.717) is 13.0 Å². The van der Waals surface area contributed by atoms with Crippen LogP contribution in [0.3, 0.4) is 0 Å². The highest BCUT2D eigenvalue weighted by atomic mass is 19.4. The molecule has 3 aromatic heterocycles. The van der Waals surface area contributed by atoms with Crippen molar-refractivity contribution >= 4 is 28.4 Å². The molecule has 4 atom stereocenters. The number of ether oxygens (including phenoxy) is 2. The quantitative estimate of drug-likeness (QED) is 0.392. The van der Waals surface area contributed by atoms with Gasteiger partial charge in [-0.05, 0) is 51.8 Å². The van der Waals surface area contributed by atoms with Gasteiger partial charge in [0.15, 0.2) is 5.82 Å². The van der Waals surface area contributed by atoms with Crippen molar-refractivity contribution in [3.63, 3.8) is 0 Å². The second kappa shape index (κ2) is 10.5. The van der Waals surface area contributed by atoms with Gasteiger partial charge >= 0.3 is 12.2 Å². The van der Waals surface area contributed by atoms with Crippen LogP contribution in [0, 0.1) is 12.7 Å². The van der Waals surface area contributed by atoms with Gasteiger partial charge in [-0.15, -0.1) is 0 Å². The third kappa shape index (κ3) is 4.88. The predicted molar refractivity (Wildman–Crippen MR) is 149 cm³/mol. The van der Waals surface area contributed by atoms with Crippen LogP contribution < -0.4 is 25.8 Å². The molecule has 1 amide bonds. The Morgan fingerprint density at radius 2 is 2.00 bits per heavy atom.